The van der Waals surface area contributed by atoms with Crippen molar-refractivity contribution in [1.29, 1.82) is 0 Å². The van der Waals surface area contributed by atoms with Crippen LogP contribution in [0, 0.1) is 0 Å². The normalized spacial score (nSPS) is 30.1. The SMILES string of the molecule is CCN1C(=O)C[C@H](N2CCN([C@H]3CC(=O)N(CC)C3=O)CC2)C1=O. The molecule has 0 saturated carbocycles. The Balaban J connectivity index is 1.59. The summed E-state index contributed by atoms with van der Waals surface area (Å²) in [6.45, 7) is 6.96. The van der Waals surface area contributed by atoms with Crippen LogP contribution in [0.5, 0.6) is 0 Å². The standard InChI is InChI=1S/C16H24N4O4/c1-3-19-13(21)9-11(15(19)23)17-5-7-18(8-6-17)12-10-14(22)20(4-2)16(12)24/h11-12H,3-10H2,1-2H3/t11-,12-/m0/s1. The Hall–Kier alpha value is -1.80. The molecule has 24 heavy (non-hydrogen) atoms. The van der Waals surface area contributed by atoms with Crippen molar-refractivity contribution < 1.29 is 19.2 Å². The van der Waals surface area contributed by atoms with Gasteiger partial charge in [-0.2, -0.15) is 0 Å². The van der Waals surface area contributed by atoms with E-state index in [2.05, 4.69) is 0 Å². The fraction of sp³-hybridized carbons (Fsp3) is 0.750. The zero-order chi connectivity index (χ0) is 17.4. The second-order valence-electron chi connectivity index (χ2n) is 6.46. The smallest absolute Gasteiger partial charge is 0.247 e. The van der Waals surface area contributed by atoms with Crippen molar-refractivity contribution >= 4 is 23.6 Å². The minimum atomic E-state index is -0.368. The Morgan fingerprint density at radius 1 is 0.708 bits per heavy atom. The van der Waals surface area contributed by atoms with Crippen LogP contribution in [-0.4, -0.2) is 94.6 Å². The van der Waals surface area contributed by atoms with Gasteiger partial charge in [0, 0.05) is 39.3 Å². The second kappa shape index (κ2) is 6.60. The molecule has 2 atom stereocenters. The Kier molecular flexibility index (Phi) is 4.69. The molecule has 4 amide bonds. The van der Waals surface area contributed by atoms with E-state index in [1.54, 1.807) is 13.8 Å². The van der Waals surface area contributed by atoms with Gasteiger partial charge in [0.25, 0.3) is 0 Å². The molecule has 3 saturated heterocycles. The average Bonchev–Trinajstić information content (AvgIpc) is 3.03. The van der Waals surface area contributed by atoms with Crippen LogP contribution in [0.1, 0.15) is 26.7 Å². The van der Waals surface area contributed by atoms with Crippen molar-refractivity contribution in [1.82, 2.24) is 19.6 Å². The van der Waals surface area contributed by atoms with Gasteiger partial charge in [-0.3, -0.25) is 38.8 Å². The molecular formula is C16H24N4O4. The van der Waals surface area contributed by atoms with Crippen LogP contribution in [0.25, 0.3) is 0 Å². The molecule has 0 radical (unpaired) electrons. The first kappa shape index (κ1) is 17.0. The first-order valence-electron chi connectivity index (χ1n) is 8.64. The van der Waals surface area contributed by atoms with Gasteiger partial charge < -0.3 is 0 Å². The van der Waals surface area contributed by atoms with Crippen molar-refractivity contribution in [3.63, 3.8) is 0 Å². The number of amides is 4. The highest BCUT2D eigenvalue weighted by atomic mass is 16.2. The molecule has 0 spiro atoms. The minimum absolute atomic E-state index is 0.106. The summed E-state index contributed by atoms with van der Waals surface area (Å²) in [5.41, 5.74) is 0. The molecule has 8 heteroatoms. The summed E-state index contributed by atoms with van der Waals surface area (Å²) in [6.07, 6.45) is 0.494. The van der Waals surface area contributed by atoms with Gasteiger partial charge in [-0.15, -0.1) is 0 Å². The Morgan fingerprint density at radius 2 is 1.04 bits per heavy atom. The predicted molar refractivity (Wildman–Crippen MR) is 84.7 cm³/mol. The van der Waals surface area contributed by atoms with Crippen molar-refractivity contribution in [2.24, 2.45) is 0 Å². The molecule has 3 aliphatic heterocycles. The van der Waals surface area contributed by atoms with E-state index < -0.39 is 0 Å². The second-order valence-corrected chi connectivity index (χ2v) is 6.46. The molecule has 0 unspecified atom stereocenters. The third-order valence-electron chi connectivity index (χ3n) is 5.30. The van der Waals surface area contributed by atoms with Gasteiger partial charge in [-0.25, -0.2) is 0 Å². The van der Waals surface area contributed by atoms with E-state index in [1.165, 1.54) is 9.80 Å². The van der Waals surface area contributed by atoms with Crippen LogP contribution in [0.3, 0.4) is 0 Å². The molecule has 0 N–H and O–H groups in total. The third kappa shape index (κ3) is 2.73. The number of likely N-dealkylation sites (N-methyl/N-ethyl adjacent to an activating group) is 2. The maximum Gasteiger partial charge on any atom is 0.247 e. The molecule has 3 fully saturated rings. The number of rotatable bonds is 4. The van der Waals surface area contributed by atoms with Crippen molar-refractivity contribution in [3.8, 4) is 0 Å². The Bertz CT molecular complexity index is 520. The van der Waals surface area contributed by atoms with Crippen LogP contribution in [0.15, 0.2) is 0 Å². The summed E-state index contributed by atoms with van der Waals surface area (Å²) in [5.74, 6) is -0.435. The largest absolute Gasteiger partial charge is 0.289 e. The third-order valence-corrected chi connectivity index (χ3v) is 5.30. The van der Waals surface area contributed by atoms with Crippen LogP contribution < -0.4 is 0 Å². The molecule has 132 valence electrons. The van der Waals surface area contributed by atoms with E-state index in [0.29, 0.717) is 39.3 Å². The molecule has 0 aromatic rings. The van der Waals surface area contributed by atoms with Crippen molar-refractivity contribution in [2.75, 3.05) is 39.3 Å². The van der Waals surface area contributed by atoms with Crippen molar-refractivity contribution in [3.05, 3.63) is 0 Å². The molecule has 0 bridgehead atoms. The summed E-state index contributed by atoms with van der Waals surface area (Å²) in [6, 6.07) is -0.736. The molecule has 3 aliphatic rings. The van der Waals surface area contributed by atoms with Crippen LogP contribution >= 0.6 is 0 Å². The maximum atomic E-state index is 12.3. The van der Waals surface area contributed by atoms with E-state index in [9.17, 15) is 19.2 Å². The highest BCUT2D eigenvalue weighted by Gasteiger charge is 2.45. The van der Waals surface area contributed by atoms with E-state index in [0.717, 1.165) is 0 Å². The minimum Gasteiger partial charge on any atom is -0.289 e. The number of piperazine rings is 1. The van der Waals surface area contributed by atoms with Crippen LogP contribution in [-0.2, 0) is 19.2 Å². The summed E-state index contributed by atoms with van der Waals surface area (Å²) in [5, 5.41) is 0. The molecule has 8 nitrogen and oxygen atoms in total. The number of hydrogen-bond donors (Lipinski definition) is 0. The molecule has 0 aliphatic carbocycles. The number of carbonyl (C=O) groups is 4. The van der Waals surface area contributed by atoms with Gasteiger partial charge in [0.1, 0.15) is 0 Å². The zero-order valence-electron chi connectivity index (χ0n) is 14.2. The molecule has 3 heterocycles. The van der Waals surface area contributed by atoms with Gasteiger partial charge in [0.05, 0.1) is 24.9 Å². The number of hydrogen-bond acceptors (Lipinski definition) is 6. The van der Waals surface area contributed by atoms with Gasteiger partial charge >= 0.3 is 0 Å². The van der Waals surface area contributed by atoms with E-state index in [-0.39, 0.29) is 48.6 Å². The lowest BCUT2D eigenvalue weighted by atomic mass is 10.1. The number of carbonyl (C=O) groups excluding carboxylic acids is 4. The maximum absolute atomic E-state index is 12.3. The summed E-state index contributed by atoms with van der Waals surface area (Å²) in [4.78, 5) is 55.0. The number of likely N-dealkylation sites (tertiary alicyclic amines) is 2. The van der Waals surface area contributed by atoms with E-state index in [4.69, 9.17) is 0 Å². The fourth-order valence-corrected chi connectivity index (χ4v) is 3.93. The van der Waals surface area contributed by atoms with Gasteiger partial charge in [-0.05, 0) is 13.8 Å². The van der Waals surface area contributed by atoms with Crippen molar-refractivity contribution in [2.45, 2.75) is 38.8 Å². The topological polar surface area (TPSA) is 81.2 Å². The average molecular weight is 336 g/mol. The first-order chi connectivity index (χ1) is 11.5. The van der Waals surface area contributed by atoms with Crippen LogP contribution in [0.2, 0.25) is 0 Å². The molecule has 3 rings (SSSR count). The Morgan fingerprint density at radius 3 is 1.29 bits per heavy atom. The lowest BCUT2D eigenvalue weighted by Gasteiger charge is -2.38. The number of imide groups is 2. The Labute approximate surface area is 141 Å². The molecule has 0 aromatic carbocycles. The van der Waals surface area contributed by atoms with Gasteiger partial charge in [0.2, 0.25) is 23.6 Å². The van der Waals surface area contributed by atoms with E-state index in [1.807, 2.05) is 9.80 Å². The fourth-order valence-electron chi connectivity index (χ4n) is 3.93. The van der Waals surface area contributed by atoms with Gasteiger partial charge in [-0.1, -0.05) is 0 Å². The molecule has 0 aromatic heterocycles. The zero-order valence-corrected chi connectivity index (χ0v) is 14.2. The highest BCUT2D eigenvalue weighted by molar-refractivity contribution is 6.06. The monoisotopic (exact) mass is 336 g/mol. The van der Waals surface area contributed by atoms with Gasteiger partial charge in [0.15, 0.2) is 0 Å². The summed E-state index contributed by atoms with van der Waals surface area (Å²) < 4.78 is 0. The predicted octanol–water partition coefficient (Wildman–Crippen LogP) is -1.10. The van der Waals surface area contributed by atoms with Crippen LogP contribution in [0.4, 0.5) is 0 Å². The lowest BCUT2D eigenvalue weighted by Crippen LogP contribution is -2.56. The summed E-state index contributed by atoms with van der Waals surface area (Å²) >= 11 is 0. The summed E-state index contributed by atoms with van der Waals surface area (Å²) in [7, 11) is 0. The highest BCUT2D eigenvalue weighted by Crippen LogP contribution is 2.23. The molecular weight excluding hydrogens is 312 g/mol. The quantitative estimate of drug-likeness (QED) is 0.606. The number of nitrogens with zero attached hydrogens (tertiary/aromatic N) is 4. The van der Waals surface area contributed by atoms with E-state index >= 15 is 0 Å². The lowest BCUT2D eigenvalue weighted by molar-refractivity contribution is -0.142. The first-order valence-corrected chi connectivity index (χ1v) is 8.64.